The standard InChI is InChI=1S/C17H20N4/c1-17(2,3)21-15-5-4-12(11-18)10-14(15)20-16(21)13-6-8-19-9-7-13/h4-10H,11,18H2,1-3H3. The van der Waals surface area contributed by atoms with Gasteiger partial charge in [0.2, 0.25) is 0 Å². The Morgan fingerprint density at radius 1 is 1.10 bits per heavy atom. The van der Waals surface area contributed by atoms with Crippen molar-refractivity contribution < 1.29 is 0 Å². The second-order valence-electron chi connectivity index (χ2n) is 6.20. The fourth-order valence-electron chi connectivity index (χ4n) is 2.63. The summed E-state index contributed by atoms with van der Waals surface area (Å²) >= 11 is 0. The number of rotatable bonds is 2. The van der Waals surface area contributed by atoms with Crippen molar-refractivity contribution in [3.05, 3.63) is 48.3 Å². The van der Waals surface area contributed by atoms with E-state index in [-0.39, 0.29) is 5.54 Å². The second-order valence-corrected chi connectivity index (χ2v) is 6.20. The van der Waals surface area contributed by atoms with Gasteiger partial charge < -0.3 is 10.3 Å². The number of hydrogen-bond donors (Lipinski definition) is 1. The van der Waals surface area contributed by atoms with E-state index in [2.05, 4.69) is 48.5 Å². The van der Waals surface area contributed by atoms with E-state index in [0.29, 0.717) is 6.54 Å². The number of pyridine rings is 1. The van der Waals surface area contributed by atoms with Gasteiger partial charge in [-0.1, -0.05) is 6.07 Å². The van der Waals surface area contributed by atoms with E-state index >= 15 is 0 Å². The molecule has 0 radical (unpaired) electrons. The number of hydrogen-bond acceptors (Lipinski definition) is 3. The number of nitrogens with zero attached hydrogens (tertiary/aromatic N) is 3. The highest BCUT2D eigenvalue weighted by Crippen LogP contribution is 2.31. The van der Waals surface area contributed by atoms with E-state index < -0.39 is 0 Å². The highest BCUT2D eigenvalue weighted by atomic mass is 15.1. The van der Waals surface area contributed by atoms with Crippen LogP contribution in [0.5, 0.6) is 0 Å². The molecule has 0 unspecified atom stereocenters. The number of nitrogens with two attached hydrogens (primary N) is 1. The molecule has 0 aliphatic rings. The zero-order valence-corrected chi connectivity index (χ0v) is 12.7. The fraction of sp³-hybridized carbons (Fsp3) is 0.294. The van der Waals surface area contributed by atoms with Crippen molar-refractivity contribution in [2.45, 2.75) is 32.9 Å². The lowest BCUT2D eigenvalue weighted by atomic mass is 10.1. The molecule has 21 heavy (non-hydrogen) atoms. The van der Waals surface area contributed by atoms with Crippen LogP contribution in [-0.2, 0) is 12.1 Å². The molecule has 3 aromatic rings. The van der Waals surface area contributed by atoms with Crippen LogP contribution < -0.4 is 5.73 Å². The van der Waals surface area contributed by atoms with Gasteiger partial charge in [-0.05, 0) is 50.6 Å². The minimum absolute atomic E-state index is 0.0580. The Hall–Kier alpha value is -2.20. The van der Waals surface area contributed by atoms with Crippen molar-refractivity contribution >= 4 is 11.0 Å². The molecule has 0 atom stereocenters. The van der Waals surface area contributed by atoms with Crippen molar-refractivity contribution in [1.29, 1.82) is 0 Å². The predicted octanol–water partition coefficient (Wildman–Crippen LogP) is 3.31. The molecular weight excluding hydrogens is 260 g/mol. The first-order valence-electron chi connectivity index (χ1n) is 7.13. The average molecular weight is 280 g/mol. The molecule has 2 N–H and O–H groups in total. The third-order valence-electron chi connectivity index (χ3n) is 3.56. The van der Waals surface area contributed by atoms with Crippen LogP contribution in [0.2, 0.25) is 0 Å². The van der Waals surface area contributed by atoms with Crippen molar-refractivity contribution in [2.75, 3.05) is 0 Å². The summed E-state index contributed by atoms with van der Waals surface area (Å²) in [5, 5.41) is 0. The Balaban J connectivity index is 2.33. The molecule has 0 spiro atoms. The largest absolute Gasteiger partial charge is 0.326 e. The van der Waals surface area contributed by atoms with Gasteiger partial charge in [0.05, 0.1) is 11.0 Å². The zero-order valence-electron chi connectivity index (χ0n) is 12.7. The van der Waals surface area contributed by atoms with E-state index in [1.54, 1.807) is 12.4 Å². The maximum absolute atomic E-state index is 5.74. The van der Waals surface area contributed by atoms with Gasteiger partial charge in [0.1, 0.15) is 5.82 Å². The molecule has 3 rings (SSSR count). The van der Waals surface area contributed by atoms with E-state index in [1.807, 2.05) is 12.1 Å². The topological polar surface area (TPSA) is 56.7 Å². The van der Waals surface area contributed by atoms with Crippen LogP contribution in [0, 0.1) is 0 Å². The number of aromatic nitrogens is 3. The summed E-state index contributed by atoms with van der Waals surface area (Å²) in [6, 6.07) is 10.2. The van der Waals surface area contributed by atoms with Crippen molar-refractivity contribution in [3.63, 3.8) is 0 Å². The van der Waals surface area contributed by atoms with Crippen molar-refractivity contribution in [3.8, 4) is 11.4 Å². The highest BCUT2D eigenvalue weighted by molar-refractivity contribution is 5.81. The zero-order chi connectivity index (χ0) is 15.0. The van der Waals surface area contributed by atoms with E-state index in [0.717, 1.165) is 28.0 Å². The fourth-order valence-corrected chi connectivity index (χ4v) is 2.63. The van der Waals surface area contributed by atoms with Gasteiger partial charge in [-0.25, -0.2) is 4.98 Å². The minimum Gasteiger partial charge on any atom is -0.326 e. The Bertz CT molecular complexity index is 767. The lowest BCUT2D eigenvalue weighted by molar-refractivity contribution is 0.413. The van der Waals surface area contributed by atoms with Crippen LogP contribution in [0.15, 0.2) is 42.7 Å². The molecule has 108 valence electrons. The molecule has 0 amide bonds. The molecular formula is C17H20N4. The highest BCUT2D eigenvalue weighted by Gasteiger charge is 2.22. The van der Waals surface area contributed by atoms with Crippen LogP contribution in [-0.4, -0.2) is 14.5 Å². The van der Waals surface area contributed by atoms with Gasteiger partial charge in [-0.2, -0.15) is 0 Å². The number of imidazole rings is 1. The quantitative estimate of drug-likeness (QED) is 0.783. The molecule has 0 aliphatic heterocycles. The van der Waals surface area contributed by atoms with E-state index in [1.165, 1.54) is 0 Å². The van der Waals surface area contributed by atoms with Crippen molar-refractivity contribution in [1.82, 2.24) is 14.5 Å². The molecule has 0 saturated carbocycles. The first-order valence-corrected chi connectivity index (χ1v) is 7.13. The van der Waals surface area contributed by atoms with Crippen LogP contribution >= 0.6 is 0 Å². The lowest BCUT2D eigenvalue weighted by Gasteiger charge is -2.24. The van der Waals surface area contributed by atoms with Crippen LogP contribution in [0.1, 0.15) is 26.3 Å². The molecule has 2 heterocycles. The average Bonchev–Trinajstić information content (AvgIpc) is 2.86. The molecule has 0 aliphatic carbocycles. The normalized spacial score (nSPS) is 12.0. The minimum atomic E-state index is -0.0580. The van der Waals surface area contributed by atoms with Crippen molar-refractivity contribution in [2.24, 2.45) is 5.73 Å². The summed E-state index contributed by atoms with van der Waals surface area (Å²) in [7, 11) is 0. The first kappa shape index (κ1) is 13.8. The van der Waals surface area contributed by atoms with Gasteiger partial charge in [-0.3, -0.25) is 4.98 Å². The molecule has 2 aromatic heterocycles. The summed E-state index contributed by atoms with van der Waals surface area (Å²) in [6.07, 6.45) is 3.60. The first-order chi connectivity index (χ1) is 10.0. The monoisotopic (exact) mass is 280 g/mol. The maximum atomic E-state index is 5.74. The number of benzene rings is 1. The molecule has 4 heteroatoms. The smallest absolute Gasteiger partial charge is 0.141 e. The Morgan fingerprint density at radius 2 is 1.81 bits per heavy atom. The summed E-state index contributed by atoms with van der Waals surface area (Å²) < 4.78 is 2.28. The van der Waals surface area contributed by atoms with Gasteiger partial charge >= 0.3 is 0 Å². The molecule has 0 bridgehead atoms. The van der Waals surface area contributed by atoms with Gasteiger partial charge in [0.25, 0.3) is 0 Å². The lowest BCUT2D eigenvalue weighted by Crippen LogP contribution is -2.22. The van der Waals surface area contributed by atoms with Crippen LogP contribution in [0.25, 0.3) is 22.4 Å². The third kappa shape index (κ3) is 2.43. The maximum Gasteiger partial charge on any atom is 0.141 e. The van der Waals surface area contributed by atoms with Gasteiger partial charge in [-0.15, -0.1) is 0 Å². The summed E-state index contributed by atoms with van der Waals surface area (Å²) in [5.41, 5.74) is 9.97. The Kier molecular flexibility index (Phi) is 3.26. The molecule has 4 nitrogen and oxygen atoms in total. The van der Waals surface area contributed by atoms with E-state index in [9.17, 15) is 0 Å². The Morgan fingerprint density at radius 3 is 2.43 bits per heavy atom. The molecule has 0 fully saturated rings. The van der Waals surface area contributed by atoms with Gasteiger partial charge in [0.15, 0.2) is 0 Å². The van der Waals surface area contributed by atoms with E-state index in [4.69, 9.17) is 10.7 Å². The third-order valence-corrected chi connectivity index (χ3v) is 3.56. The predicted molar refractivity (Wildman–Crippen MR) is 85.9 cm³/mol. The second kappa shape index (κ2) is 4.97. The van der Waals surface area contributed by atoms with Crippen LogP contribution in [0.4, 0.5) is 0 Å². The number of fused-ring (bicyclic) bond motifs is 1. The molecule has 1 aromatic carbocycles. The van der Waals surface area contributed by atoms with Gasteiger partial charge in [0, 0.05) is 30.0 Å². The summed E-state index contributed by atoms with van der Waals surface area (Å²) in [5.74, 6) is 0.967. The molecule has 0 saturated heterocycles. The van der Waals surface area contributed by atoms with Crippen LogP contribution in [0.3, 0.4) is 0 Å². The Labute approximate surface area is 124 Å². The summed E-state index contributed by atoms with van der Waals surface area (Å²) in [4.78, 5) is 8.93. The summed E-state index contributed by atoms with van der Waals surface area (Å²) in [6.45, 7) is 7.10. The SMILES string of the molecule is CC(C)(C)n1c(-c2ccncc2)nc2cc(CN)ccc21.